The molecule has 3 N–H and O–H groups in total. The first-order chi connectivity index (χ1) is 24.0. The number of hydrogen-bond acceptors (Lipinski definition) is 1. The van der Waals surface area contributed by atoms with Gasteiger partial charge in [0.15, 0.2) is 11.6 Å². The van der Waals surface area contributed by atoms with Gasteiger partial charge in [-0.2, -0.15) is 0 Å². The summed E-state index contributed by atoms with van der Waals surface area (Å²) in [7, 11) is 0. The minimum atomic E-state index is -1.26. The van der Waals surface area contributed by atoms with E-state index in [0.29, 0.717) is 16.6 Å². The van der Waals surface area contributed by atoms with Gasteiger partial charge in [0, 0.05) is 44.3 Å². The Balaban J connectivity index is 1.62. The predicted octanol–water partition coefficient (Wildman–Crippen LogP) is 12.0. The Morgan fingerprint density at radius 2 is 0.780 bits per heavy atom. The zero-order chi connectivity index (χ0) is 35.0. The molecule has 8 bridgehead atoms. The van der Waals surface area contributed by atoms with Gasteiger partial charge >= 0.3 is 0 Å². The van der Waals surface area contributed by atoms with Gasteiger partial charge < -0.3 is 15.0 Å². The predicted molar refractivity (Wildman–Crippen MR) is 200 cm³/mol. The van der Waals surface area contributed by atoms with E-state index in [2.05, 4.69) is 80.8 Å². The van der Waals surface area contributed by atoms with E-state index in [4.69, 9.17) is 4.98 Å². The van der Waals surface area contributed by atoms with Crippen molar-refractivity contribution in [2.75, 3.05) is 0 Å². The van der Waals surface area contributed by atoms with Crippen molar-refractivity contribution in [2.24, 2.45) is 0 Å². The van der Waals surface area contributed by atoms with Crippen molar-refractivity contribution >= 4 is 45.3 Å². The van der Waals surface area contributed by atoms with Crippen molar-refractivity contribution in [3.8, 4) is 33.4 Å². The van der Waals surface area contributed by atoms with E-state index in [1.807, 2.05) is 36.4 Å². The molecule has 0 unspecified atom stereocenters. The highest BCUT2D eigenvalue weighted by Gasteiger charge is 2.22. The molecular weight excluding hydrogens is 629 g/mol. The summed E-state index contributed by atoms with van der Waals surface area (Å²) in [5, 5.41) is 0. The average molecular weight is 665 g/mol. The van der Waals surface area contributed by atoms with Gasteiger partial charge in [-0.15, -0.1) is 0 Å². The first-order valence-electron chi connectivity index (χ1n) is 16.6. The Morgan fingerprint density at radius 3 is 1.30 bits per heavy atom. The van der Waals surface area contributed by atoms with Crippen molar-refractivity contribution < 1.29 is 13.2 Å². The van der Waals surface area contributed by atoms with Gasteiger partial charge in [0.25, 0.3) is 0 Å². The first-order valence-corrected chi connectivity index (χ1v) is 16.6. The van der Waals surface area contributed by atoms with Crippen LogP contribution in [0.2, 0.25) is 0 Å². The van der Waals surface area contributed by atoms with Crippen LogP contribution in [0.15, 0.2) is 72.8 Å². The molecule has 50 heavy (non-hydrogen) atoms. The van der Waals surface area contributed by atoms with E-state index in [0.717, 1.165) is 95.7 Å². The number of hydrogen-bond donors (Lipinski definition) is 3. The van der Waals surface area contributed by atoms with E-state index >= 15 is 8.78 Å². The van der Waals surface area contributed by atoms with Crippen molar-refractivity contribution in [3.63, 3.8) is 0 Å². The lowest BCUT2D eigenvalue weighted by molar-refractivity contribution is 0.499. The Hall–Kier alpha value is -5.82. The highest BCUT2D eigenvalue weighted by atomic mass is 19.2. The second-order valence-corrected chi connectivity index (χ2v) is 13.5. The van der Waals surface area contributed by atoms with Crippen LogP contribution >= 0.6 is 0 Å². The molecule has 7 aromatic rings. The molecule has 0 saturated carbocycles. The third-order valence-corrected chi connectivity index (χ3v) is 9.72. The maximum absolute atomic E-state index is 15.8. The highest BCUT2D eigenvalue weighted by Crippen LogP contribution is 2.40. The Bertz CT molecular complexity index is 2660. The Kier molecular flexibility index (Phi) is 7.33. The molecular formula is C43H35F3N4. The normalized spacial score (nSPS) is 12.0. The number of aromatic amines is 3. The minimum Gasteiger partial charge on any atom is -0.354 e. The van der Waals surface area contributed by atoms with E-state index in [1.165, 1.54) is 0 Å². The lowest BCUT2D eigenvalue weighted by Gasteiger charge is -2.13. The largest absolute Gasteiger partial charge is 0.354 e. The maximum Gasteiger partial charge on any atom is 0.169 e. The van der Waals surface area contributed by atoms with Gasteiger partial charge in [-0.1, -0.05) is 35.4 Å². The van der Waals surface area contributed by atoms with Crippen molar-refractivity contribution in [1.29, 1.82) is 0 Å². The summed E-state index contributed by atoms with van der Waals surface area (Å²) in [5.74, 6) is -3.26. The molecule has 0 fully saturated rings. The lowest BCUT2D eigenvalue weighted by Crippen LogP contribution is -1.95. The molecule has 4 nitrogen and oxygen atoms in total. The molecule has 248 valence electrons. The van der Waals surface area contributed by atoms with E-state index in [-0.39, 0.29) is 5.56 Å². The number of nitrogens with one attached hydrogen (secondary N) is 3. The molecule has 4 aromatic heterocycles. The molecule has 0 saturated heterocycles. The van der Waals surface area contributed by atoms with Gasteiger partial charge in [-0.05, 0) is 136 Å². The van der Waals surface area contributed by atoms with Gasteiger partial charge in [-0.25, -0.2) is 18.2 Å². The lowest BCUT2D eigenvalue weighted by atomic mass is 9.92. The summed E-state index contributed by atoms with van der Waals surface area (Å²) >= 11 is 0. The molecule has 1 aliphatic heterocycles. The van der Waals surface area contributed by atoms with Gasteiger partial charge in [0.1, 0.15) is 5.82 Å². The number of rotatable bonds is 3. The summed E-state index contributed by atoms with van der Waals surface area (Å²) in [6, 6.07) is 21.8. The third-order valence-electron chi connectivity index (χ3n) is 9.72. The molecule has 0 spiro atoms. The third kappa shape index (κ3) is 5.04. The van der Waals surface area contributed by atoms with Crippen LogP contribution in [-0.2, 0) is 0 Å². The summed E-state index contributed by atoms with van der Waals surface area (Å²) < 4.78 is 46.4. The number of benzene rings is 3. The zero-order valence-electron chi connectivity index (χ0n) is 28.7. The molecule has 5 heterocycles. The molecule has 0 atom stereocenters. The van der Waals surface area contributed by atoms with Crippen LogP contribution in [-0.4, -0.2) is 19.9 Å². The molecule has 0 amide bonds. The highest BCUT2D eigenvalue weighted by molar-refractivity contribution is 6.01. The molecule has 0 aliphatic carbocycles. The van der Waals surface area contributed by atoms with Crippen LogP contribution in [0.25, 0.3) is 78.6 Å². The standard InChI is InChI=1S/C43H35F3N4/c1-21-17-23(3)37(24(4)18-21)40-31-11-9-29(47-31)30-10-12-32(48-30)41(38-25(5)19-22(2)20-26(38)6)34-14-16-36(50-34)42(35-15-13-33(40)49-35)39-27(44)7-8-28(45)43(39)46/h7-20,47,49-50H,1-6H3. The van der Waals surface area contributed by atoms with E-state index < -0.39 is 23.0 Å². The topological polar surface area (TPSA) is 60.3 Å². The number of halogens is 3. The van der Waals surface area contributed by atoms with Crippen molar-refractivity contribution in [3.05, 3.63) is 135 Å². The SMILES string of the molecule is Cc1cc(C)c(-c2c3nc(c4ccc([nH]4)c(-c4c(C)cc(C)cc4C)c4ccc([nH]4)c(-c4c(F)ccc(F)c4F)c4ccc2[nH]4)C=C3)c(C)c1. The summed E-state index contributed by atoms with van der Waals surface area (Å²) in [5.41, 5.74) is 15.6. The summed E-state index contributed by atoms with van der Waals surface area (Å²) in [4.78, 5) is 15.8. The van der Waals surface area contributed by atoms with Crippen LogP contribution in [0.5, 0.6) is 0 Å². The van der Waals surface area contributed by atoms with Gasteiger partial charge in [-0.3, -0.25) is 0 Å². The molecule has 0 radical (unpaired) electrons. The fourth-order valence-corrected chi connectivity index (χ4v) is 7.85. The van der Waals surface area contributed by atoms with Crippen LogP contribution in [0.4, 0.5) is 13.2 Å². The first kappa shape index (κ1) is 31.4. The van der Waals surface area contributed by atoms with E-state index in [1.54, 1.807) is 12.1 Å². The number of aryl methyl sites for hydroxylation is 6. The second kappa shape index (κ2) is 11.7. The van der Waals surface area contributed by atoms with Gasteiger partial charge in [0.05, 0.1) is 22.5 Å². The molecule has 3 aromatic carbocycles. The number of aromatic nitrogens is 4. The van der Waals surface area contributed by atoms with Crippen molar-refractivity contribution in [2.45, 2.75) is 41.5 Å². The van der Waals surface area contributed by atoms with Crippen LogP contribution in [0.3, 0.4) is 0 Å². The quantitative estimate of drug-likeness (QED) is 0.162. The molecule has 7 heteroatoms. The molecule has 8 rings (SSSR count). The number of nitrogens with zero attached hydrogens (tertiary/aromatic N) is 1. The fourth-order valence-electron chi connectivity index (χ4n) is 7.85. The van der Waals surface area contributed by atoms with Crippen LogP contribution < -0.4 is 0 Å². The fraction of sp³-hybridized carbons (Fsp3) is 0.140. The van der Waals surface area contributed by atoms with Crippen LogP contribution in [0.1, 0.15) is 44.8 Å². The monoisotopic (exact) mass is 664 g/mol. The Labute approximate surface area is 287 Å². The average Bonchev–Trinajstić information content (AvgIpc) is 3.88. The second-order valence-electron chi connectivity index (χ2n) is 13.5. The van der Waals surface area contributed by atoms with E-state index in [9.17, 15) is 4.39 Å². The van der Waals surface area contributed by atoms with Gasteiger partial charge in [0.2, 0.25) is 0 Å². The van der Waals surface area contributed by atoms with Crippen LogP contribution in [0, 0.1) is 59.0 Å². The number of H-pyrrole nitrogens is 3. The summed E-state index contributed by atoms with van der Waals surface area (Å²) in [6.07, 6.45) is 4.01. The summed E-state index contributed by atoms with van der Waals surface area (Å²) in [6.45, 7) is 12.5. The maximum atomic E-state index is 15.8. The minimum absolute atomic E-state index is 0.170. The number of fused-ring (bicyclic) bond motifs is 9. The Morgan fingerprint density at radius 1 is 0.400 bits per heavy atom. The molecule has 1 aliphatic rings. The zero-order valence-corrected chi connectivity index (χ0v) is 28.7. The smallest absolute Gasteiger partial charge is 0.169 e. The van der Waals surface area contributed by atoms with Crippen molar-refractivity contribution in [1.82, 2.24) is 19.9 Å².